The van der Waals surface area contributed by atoms with Crippen molar-refractivity contribution in [1.29, 1.82) is 0 Å². The number of carbonyl (C=O) groups is 1. The maximum absolute atomic E-state index is 12.5. The first-order valence-electron chi connectivity index (χ1n) is 7.70. The number of piperidine rings is 3. The van der Waals surface area contributed by atoms with Crippen LogP contribution in [0.2, 0.25) is 0 Å². The smallest absolute Gasteiger partial charge is 0.270 e. The van der Waals surface area contributed by atoms with Crippen molar-refractivity contribution in [3.8, 4) is 0 Å². The molecule has 5 nitrogen and oxygen atoms in total. The van der Waals surface area contributed by atoms with Crippen molar-refractivity contribution in [3.05, 3.63) is 36.4 Å². The normalized spacial score (nSPS) is 31.5. The molecular formula is C16H20N4O. The van der Waals surface area contributed by atoms with Crippen molar-refractivity contribution in [3.63, 3.8) is 0 Å². The largest absolute Gasteiger partial charge is 0.346 e. The summed E-state index contributed by atoms with van der Waals surface area (Å²) in [4.78, 5) is 19.2. The predicted molar refractivity (Wildman–Crippen MR) is 80.2 cm³/mol. The lowest BCUT2D eigenvalue weighted by molar-refractivity contribution is 0.0216. The van der Waals surface area contributed by atoms with Gasteiger partial charge in [-0.3, -0.25) is 9.69 Å². The number of nitrogens with zero attached hydrogens (tertiary/aromatic N) is 3. The van der Waals surface area contributed by atoms with Crippen molar-refractivity contribution in [1.82, 2.24) is 19.6 Å². The van der Waals surface area contributed by atoms with Gasteiger partial charge >= 0.3 is 0 Å². The van der Waals surface area contributed by atoms with E-state index in [1.54, 1.807) is 6.33 Å². The summed E-state index contributed by atoms with van der Waals surface area (Å²) in [6.07, 6.45) is 6.02. The monoisotopic (exact) mass is 284 g/mol. The van der Waals surface area contributed by atoms with Gasteiger partial charge in [-0.1, -0.05) is 0 Å². The fraction of sp³-hybridized carbons (Fsp3) is 0.500. The number of carbonyl (C=O) groups excluding carboxylic acids is 1. The van der Waals surface area contributed by atoms with Gasteiger partial charge in [-0.2, -0.15) is 0 Å². The molecule has 2 aromatic heterocycles. The molecule has 21 heavy (non-hydrogen) atoms. The zero-order valence-corrected chi connectivity index (χ0v) is 12.2. The lowest BCUT2D eigenvalue weighted by Crippen LogP contribution is -2.62. The van der Waals surface area contributed by atoms with E-state index in [2.05, 4.69) is 22.1 Å². The number of hydrogen-bond acceptors (Lipinski definition) is 3. The summed E-state index contributed by atoms with van der Waals surface area (Å²) in [5.74, 6) is 0.565. The molecule has 5 rings (SSSR count). The van der Waals surface area contributed by atoms with Gasteiger partial charge < -0.3 is 9.72 Å². The Morgan fingerprint density at radius 3 is 2.95 bits per heavy atom. The van der Waals surface area contributed by atoms with E-state index >= 15 is 0 Å². The van der Waals surface area contributed by atoms with Gasteiger partial charge in [0.2, 0.25) is 0 Å². The minimum atomic E-state index is -0.0516. The van der Waals surface area contributed by atoms with E-state index in [-0.39, 0.29) is 11.9 Å². The van der Waals surface area contributed by atoms with Crippen LogP contribution in [0.3, 0.4) is 0 Å². The molecule has 0 unspecified atom stereocenters. The van der Waals surface area contributed by atoms with Crippen LogP contribution in [0.4, 0.5) is 0 Å². The average molecular weight is 284 g/mol. The zero-order chi connectivity index (χ0) is 14.4. The molecule has 2 aromatic rings. The van der Waals surface area contributed by atoms with Crippen LogP contribution in [0.5, 0.6) is 0 Å². The number of hydrogen-bond donors (Lipinski definition) is 1. The molecule has 1 amide bonds. The van der Waals surface area contributed by atoms with E-state index in [9.17, 15) is 4.79 Å². The molecule has 0 saturated carbocycles. The Hall–Kier alpha value is -1.88. The van der Waals surface area contributed by atoms with Gasteiger partial charge in [-0.25, -0.2) is 4.98 Å². The Labute approximate surface area is 124 Å². The number of nitrogens with one attached hydrogen (secondary N) is 1. The molecule has 5 heteroatoms. The minimum Gasteiger partial charge on any atom is -0.346 e. The summed E-state index contributed by atoms with van der Waals surface area (Å²) in [5.41, 5.74) is 1.50. The van der Waals surface area contributed by atoms with Crippen molar-refractivity contribution in [2.24, 2.45) is 5.92 Å². The minimum absolute atomic E-state index is 0.0516. The summed E-state index contributed by atoms with van der Waals surface area (Å²) in [6, 6.07) is 6.47. The first-order chi connectivity index (χ1) is 10.2. The Bertz CT molecular complexity index is 670. The maximum Gasteiger partial charge on any atom is 0.270 e. The standard InChI is InChI=1S/C16H20N4O/c1-11-15(12-4-7-19(11)8-5-12)18-16(21)14-9-13-3-2-6-20(13)10-17-14/h2-3,6,9-12,15H,4-5,7-8H2,1H3,(H,18,21)/t11-,15-/m0/s1. The molecule has 0 radical (unpaired) electrons. The van der Waals surface area contributed by atoms with Crippen molar-refractivity contribution in [2.45, 2.75) is 31.8 Å². The molecule has 2 atom stereocenters. The van der Waals surface area contributed by atoms with E-state index in [4.69, 9.17) is 0 Å². The van der Waals surface area contributed by atoms with Crippen LogP contribution in [0, 0.1) is 5.92 Å². The van der Waals surface area contributed by atoms with Crippen LogP contribution in [-0.2, 0) is 0 Å². The zero-order valence-electron chi connectivity index (χ0n) is 12.2. The number of amides is 1. The number of fused-ring (bicyclic) bond motifs is 4. The highest BCUT2D eigenvalue weighted by Gasteiger charge is 2.40. The molecule has 5 heterocycles. The second-order valence-corrected chi connectivity index (χ2v) is 6.23. The van der Waals surface area contributed by atoms with Crippen LogP contribution in [0.15, 0.2) is 30.7 Å². The Balaban J connectivity index is 1.54. The Kier molecular flexibility index (Phi) is 2.96. The van der Waals surface area contributed by atoms with Crippen LogP contribution < -0.4 is 5.32 Å². The summed E-state index contributed by atoms with van der Waals surface area (Å²) in [7, 11) is 0. The van der Waals surface area contributed by atoms with E-state index < -0.39 is 0 Å². The fourth-order valence-electron chi connectivity index (χ4n) is 3.83. The molecule has 3 aliphatic rings. The Morgan fingerprint density at radius 2 is 2.19 bits per heavy atom. The van der Waals surface area contributed by atoms with Crippen LogP contribution in [-0.4, -0.2) is 45.4 Å². The second-order valence-electron chi connectivity index (χ2n) is 6.23. The van der Waals surface area contributed by atoms with E-state index in [0.29, 0.717) is 17.7 Å². The maximum atomic E-state index is 12.5. The van der Waals surface area contributed by atoms with Crippen LogP contribution >= 0.6 is 0 Å². The summed E-state index contributed by atoms with van der Waals surface area (Å²) in [5, 5.41) is 3.22. The van der Waals surface area contributed by atoms with E-state index in [1.165, 1.54) is 25.9 Å². The highest BCUT2D eigenvalue weighted by Crippen LogP contribution is 2.32. The van der Waals surface area contributed by atoms with Gasteiger partial charge in [-0.05, 0) is 57.0 Å². The molecule has 0 spiro atoms. The molecule has 3 fully saturated rings. The predicted octanol–water partition coefficient (Wildman–Crippen LogP) is 1.55. The highest BCUT2D eigenvalue weighted by atomic mass is 16.2. The quantitative estimate of drug-likeness (QED) is 0.910. The molecule has 0 aliphatic carbocycles. The number of aromatic nitrogens is 2. The summed E-state index contributed by atoms with van der Waals surface area (Å²) in [6.45, 7) is 4.57. The van der Waals surface area contributed by atoms with Gasteiger partial charge in [-0.15, -0.1) is 0 Å². The highest BCUT2D eigenvalue weighted by molar-refractivity contribution is 5.93. The van der Waals surface area contributed by atoms with Crippen molar-refractivity contribution < 1.29 is 4.79 Å². The van der Waals surface area contributed by atoms with Gasteiger partial charge in [0.25, 0.3) is 5.91 Å². The molecule has 2 bridgehead atoms. The third-order valence-electron chi connectivity index (χ3n) is 5.13. The third-order valence-corrected chi connectivity index (χ3v) is 5.13. The van der Waals surface area contributed by atoms with Crippen molar-refractivity contribution >= 4 is 11.4 Å². The van der Waals surface area contributed by atoms with E-state index in [1.807, 2.05) is 28.8 Å². The first-order valence-corrected chi connectivity index (χ1v) is 7.70. The molecular weight excluding hydrogens is 264 g/mol. The summed E-state index contributed by atoms with van der Waals surface area (Å²) < 4.78 is 1.91. The van der Waals surface area contributed by atoms with Crippen molar-refractivity contribution in [2.75, 3.05) is 13.1 Å². The lowest BCUT2D eigenvalue weighted by atomic mass is 9.79. The first kappa shape index (κ1) is 12.8. The molecule has 3 saturated heterocycles. The van der Waals surface area contributed by atoms with Crippen LogP contribution in [0.1, 0.15) is 30.3 Å². The summed E-state index contributed by atoms with van der Waals surface area (Å²) >= 11 is 0. The SMILES string of the molecule is C[C@H]1[C@H](NC(=O)c2cc3cccn3cn2)C2CCN1CC2. The van der Waals surface area contributed by atoms with Gasteiger partial charge in [0.05, 0.1) is 6.33 Å². The van der Waals surface area contributed by atoms with Gasteiger partial charge in [0, 0.05) is 23.8 Å². The lowest BCUT2D eigenvalue weighted by Gasteiger charge is -2.49. The molecule has 1 N–H and O–H groups in total. The topological polar surface area (TPSA) is 49.6 Å². The second kappa shape index (κ2) is 4.84. The average Bonchev–Trinajstić information content (AvgIpc) is 2.98. The van der Waals surface area contributed by atoms with Gasteiger partial charge in [0.15, 0.2) is 0 Å². The van der Waals surface area contributed by atoms with Crippen LogP contribution in [0.25, 0.3) is 5.52 Å². The molecule has 110 valence electrons. The Morgan fingerprint density at radius 1 is 1.38 bits per heavy atom. The van der Waals surface area contributed by atoms with Gasteiger partial charge in [0.1, 0.15) is 5.69 Å². The fourth-order valence-corrected chi connectivity index (χ4v) is 3.83. The molecule has 0 aromatic carbocycles. The molecule has 3 aliphatic heterocycles. The number of rotatable bonds is 2. The van der Waals surface area contributed by atoms with E-state index in [0.717, 1.165) is 5.52 Å². The third kappa shape index (κ3) is 2.12.